The molecule has 1 N–H and O–H groups in total. The van der Waals surface area contributed by atoms with E-state index in [0.717, 1.165) is 23.1 Å². The summed E-state index contributed by atoms with van der Waals surface area (Å²) in [7, 11) is 0. The summed E-state index contributed by atoms with van der Waals surface area (Å²) in [5.41, 5.74) is 2.68. The number of anilines is 1. The van der Waals surface area contributed by atoms with Crippen LogP contribution in [0.4, 0.5) is 5.69 Å². The Bertz CT molecular complexity index is 417. The average molecular weight is 312 g/mol. The van der Waals surface area contributed by atoms with Gasteiger partial charge in [-0.05, 0) is 42.4 Å². The molecule has 3 heteroatoms. The molecule has 0 radical (unpaired) electrons. The second-order valence-corrected chi connectivity index (χ2v) is 6.79. The van der Waals surface area contributed by atoms with E-state index < -0.39 is 0 Å². The second kappa shape index (κ2) is 5.62. The highest BCUT2D eigenvalue weighted by Crippen LogP contribution is 2.32. The van der Waals surface area contributed by atoms with Gasteiger partial charge in [0.05, 0.1) is 6.61 Å². The summed E-state index contributed by atoms with van der Waals surface area (Å²) >= 11 is 3.53. The van der Waals surface area contributed by atoms with Crippen LogP contribution in [0, 0.1) is 5.41 Å². The van der Waals surface area contributed by atoms with Crippen molar-refractivity contribution in [1.29, 1.82) is 0 Å². The molecule has 0 saturated carbocycles. The maximum absolute atomic E-state index is 9.19. The first kappa shape index (κ1) is 13.9. The van der Waals surface area contributed by atoms with Crippen molar-refractivity contribution in [1.82, 2.24) is 0 Å². The summed E-state index contributed by atoms with van der Waals surface area (Å²) in [5, 5.41) is 9.19. The van der Waals surface area contributed by atoms with Crippen LogP contribution < -0.4 is 4.90 Å². The summed E-state index contributed by atoms with van der Waals surface area (Å²) in [6, 6.07) is 6.26. The molecule has 1 fully saturated rings. The number of aliphatic hydroxyl groups excluding tert-OH is 1. The summed E-state index contributed by atoms with van der Waals surface area (Å²) < 4.78 is 1.01. The highest BCUT2D eigenvalue weighted by molar-refractivity contribution is 9.10. The van der Waals surface area contributed by atoms with Gasteiger partial charge in [0.25, 0.3) is 0 Å². The topological polar surface area (TPSA) is 23.5 Å². The normalized spacial score (nSPS) is 19.7. The minimum Gasteiger partial charge on any atom is -0.392 e. The minimum atomic E-state index is 0.0912. The van der Waals surface area contributed by atoms with Crippen LogP contribution >= 0.6 is 15.9 Å². The van der Waals surface area contributed by atoms with Crippen molar-refractivity contribution >= 4 is 21.6 Å². The molecule has 2 nitrogen and oxygen atoms in total. The van der Waals surface area contributed by atoms with Gasteiger partial charge < -0.3 is 10.0 Å². The number of halogens is 1. The summed E-state index contributed by atoms with van der Waals surface area (Å²) in [6.45, 7) is 7.07. The van der Waals surface area contributed by atoms with Crippen LogP contribution in [0.5, 0.6) is 0 Å². The van der Waals surface area contributed by atoms with Crippen molar-refractivity contribution in [2.45, 2.75) is 39.7 Å². The van der Waals surface area contributed by atoms with E-state index in [0.29, 0.717) is 5.41 Å². The van der Waals surface area contributed by atoms with Gasteiger partial charge in [-0.25, -0.2) is 0 Å². The highest BCUT2D eigenvalue weighted by atomic mass is 79.9. The van der Waals surface area contributed by atoms with E-state index in [1.165, 1.54) is 24.9 Å². The van der Waals surface area contributed by atoms with E-state index in [4.69, 9.17) is 0 Å². The zero-order valence-corrected chi connectivity index (χ0v) is 12.8. The maximum atomic E-state index is 9.19. The zero-order valence-electron chi connectivity index (χ0n) is 11.2. The lowest BCUT2D eigenvalue weighted by Crippen LogP contribution is -2.25. The van der Waals surface area contributed by atoms with Gasteiger partial charge in [-0.3, -0.25) is 0 Å². The molecule has 0 aliphatic carbocycles. The largest absolute Gasteiger partial charge is 0.392 e. The lowest BCUT2D eigenvalue weighted by atomic mass is 9.85. The van der Waals surface area contributed by atoms with Crippen LogP contribution in [-0.2, 0) is 6.61 Å². The third-order valence-electron chi connectivity index (χ3n) is 3.91. The van der Waals surface area contributed by atoms with Gasteiger partial charge in [0.15, 0.2) is 0 Å². The lowest BCUT2D eigenvalue weighted by Gasteiger charge is -2.25. The van der Waals surface area contributed by atoms with Crippen molar-refractivity contribution in [3.8, 4) is 0 Å². The molecule has 0 spiro atoms. The molecule has 1 aromatic rings. The lowest BCUT2D eigenvalue weighted by molar-refractivity contribution is 0.281. The molecule has 18 heavy (non-hydrogen) atoms. The van der Waals surface area contributed by atoms with Crippen molar-refractivity contribution < 1.29 is 5.11 Å². The quantitative estimate of drug-likeness (QED) is 0.893. The molecule has 0 bridgehead atoms. The molecule has 0 aromatic heterocycles. The predicted octanol–water partition coefficient (Wildman–Crippen LogP) is 3.96. The Morgan fingerprint density at radius 3 is 2.72 bits per heavy atom. The molecule has 100 valence electrons. The molecule has 1 heterocycles. The highest BCUT2D eigenvalue weighted by Gasteiger charge is 2.23. The SMILES string of the molecule is CC1(C)CCCN(c2ccc(CO)c(Br)c2)CC1. The predicted molar refractivity (Wildman–Crippen MR) is 79.9 cm³/mol. The van der Waals surface area contributed by atoms with Crippen LogP contribution in [0.25, 0.3) is 0 Å². The van der Waals surface area contributed by atoms with E-state index >= 15 is 0 Å². The first-order chi connectivity index (χ1) is 8.52. The molecule has 0 amide bonds. The van der Waals surface area contributed by atoms with Crippen molar-refractivity contribution in [3.05, 3.63) is 28.2 Å². The van der Waals surface area contributed by atoms with E-state index in [2.05, 4.69) is 46.8 Å². The summed E-state index contributed by atoms with van der Waals surface area (Å²) in [6.07, 6.45) is 3.80. The van der Waals surface area contributed by atoms with Gasteiger partial charge in [0.1, 0.15) is 0 Å². The van der Waals surface area contributed by atoms with Crippen molar-refractivity contribution in [2.24, 2.45) is 5.41 Å². The van der Waals surface area contributed by atoms with E-state index in [-0.39, 0.29) is 6.61 Å². The second-order valence-electron chi connectivity index (χ2n) is 5.94. The Morgan fingerprint density at radius 2 is 2.06 bits per heavy atom. The summed E-state index contributed by atoms with van der Waals surface area (Å²) in [5.74, 6) is 0. The van der Waals surface area contributed by atoms with E-state index in [9.17, 15) is 5.11 Å². The Kier molecular flexibility index (Phi) is 4.33. The number of benzene rings is 1. The van der Waals surface area contributed by atoms with Gasteiger partial charge in [-0.15, -0.1) is 0 Å². The fourth-order valence-corrected chi connectivity index (χ4v) is 3.03. The van der Waals surface area contributed by atoms with Crippen molar-refractivity contribution in [3.63, 3.8) is 0 Å². The van der Waals surface area contributed by atoms with Crippen LogP contribution in [0.2, 0.25) is 0 Å². The molecule has 0 unspecified atom stereocenters. The molecule has 0 atom stereocenters. The first-order valence-electron chi connectivity index (χ1n) is 6.66. The molecular weight excluding hydrogens is 290 g/mol. The zero-order chi connectivity index (χ0) is 13.2. The number of hydrogen-bond donors (Lipinski definition) is 1. The molecule has 1 aliphatic rings. The fourth-order valence-electron chi connectivity index (χ4n) is 2.54. The first-order valence-corrected chi connectivity index (χ1v) is 7.45. The Balaban J connectivity index is 2.14. The maximum Gasteiger partial charge on any atom is 0.0692 e. The number of nitrogens with zero attached hydrogens (tertiary/aromatic N) is 1. The van der Waals surface area contributed by atoms with Gasteiger partial charge in [-0.2, -0.15) is 0 Å². The van der Waals surface area contributed by atoms with Crippen molar-refractivity contribution in [2.75, 3.05) is 18.0 Å². The minimum absolute atomic E-state index is 0.0912. The third-order valence-corrected chi connectivity index (χ3v) is 4.65. The van der Waals surface area contributed by atoms with Crippen LogP contribution in [0.3, 0.4) is 0 Å². The van der Waals surface area contributed by atoms with E-state index in [1.807, 2.05) is 6.07 Å². The summed E-state index contributed by atoms with van der Waals surface area (Å²) in [4.78, 5) is 2.46. The number of rotatable bonds is 2. The Labute approximate surface area is 118 Å². The fraction of sp³-hybridized carbons (Fsp3) is 0.600. The van der Waals surface area contributed by atoms with Gasteiger partial charge in [-0.1, -0.05) is 35.8 Å². The van der Waals surface area contributed by atoms with Crippen LogP contribution in [0.1, 0.15) is 38.7 Å². The van der Waals surface area contributed by atoms with Gasteiger partial charge in [0, 0.05) is 23.2 Å². The molecule has 1 aromatic carbocycles. The Morgan fingerprint density at radius 1 is 1.28 bits per heavy atom. The third kappa shape index (κ3) is 3.27. The molecule has 1 aliphatic heterocycles. The Hall–Kier alpha value is -0.540. The van der Waals surface area contributed by atoms with Gasteiger partial charge in [0.2, 0.25) is 0 Å². The average Bonchev–Trinajstić information content (AvgIpc) is 2.50. The molecule has 2 rings (SSSR count). The van der Waals surface area contributed by atoms with E-state index in [1.54, 1.807) is 0 Å². The van der Waals surface area contributed by atoms with Crippen LogP contribution in [-0.4, -0.2) is 18.2 Å². The standard InChI is InChI=1S/C15H22BrNO/c1-15(2)6-3-8-17(9-7-15)13-5-4-12(11-18)14(16)10-13/h4-5,10,18H,3,6-9,11H2,1-2H3. The number of aliphatic hydroxyl groups is 1. The number of hydrogen-bond acceptors (Lipinski definition) is 2. The monoisotopic (exact) mass is 311 g/mol. The smallest absolute Gasteiger partial charge is 0.0692 e. The molecular formula is C15H22BrNO. The molecule has 1 saturated heterocycles. The van der Waals surface area contributed by atoms with Crippen LogP contribution in [0.15, 0.2) is 22.7 Å². The van der Waals surface area contributed by atoms with Gasteiger partial charge >= 0.3 is 0 Å².